The molecule has 26 heavy (non-hydrogen) atoms. The van der Waals surface area contributed by atoms with Gasteiger partial charge in [-0.2, -0.15) is 14.0 Å². The average Bonchev–Trinajstić information content (AvgIpc) is 2.62. The van der Waals surface area contributed by atoms with Gasteiger partial charge in [0.15, 0.2) is 6.10 Å². The van der Waals surface area contributed by atoms with Crippen LogP contribution in [0.2, 0.25) is 0 Å². The number of esters is 1. The molecule has 0 aliphatic carbocycles. The van der Waals surface area contributed by atoms with Crippen LogP contribution in [0.5, 0.6) is 0 Å². The highest BCUT2D eigenvalue weighted by molar-refractivity contribution is 7.99. The third-order valence-corrected chi connectivity index (χ3v) is 3.88. The van der Waals surface area contributed by atoms with Gasteiger partial charge in [-0.15, -0.1) is 0 Å². The number of rotatable bonds is 6. The second-order valence-corrected chi connectivity index (χ2v) is 5.91. The fourth-order valence-corrected chi connectivity index (χ4v) is 2.49. The number of carbonyl (C=O) groups is 2. The number of nitriles is 1. The lowest BCUT2D eigenvalue weighted by molar-refractivity contribution is -0.123. The standard InChI is InChI=1S/C17H13F2N3O3S/c1-10(14(23)22-13-7-3-2-5-11(13)9-20)25-16(24)12-6-4-8-21-15(12)26-17(18)19/h2-8,10,17H,1H3,(H,22,23)/t10-/m1/s1. The van der Waals surface area contributed by atoms with E-state index in [0.717, 1.165) is 0 Å². The molecule has 2 rings (SSSR count). The second kappa shape index (κ2) is 8.92. The smallest absolute Gasteiger partial charge is 0.341 e. The van der Waals surface area contributed by atoms with Gasteiger partial charge >= 0.3 is 5.97 Å². The lowest BCUT2D eigenvalue weighted by atomic mass is 10.2. The Hall–Kier alpha value is -2.99. The van der Waals surface area contributed by atoms with Gasteiger partial charge in [-0.1, -0.05) is 12.1 Å². The number of alkyl halides is 2. The van der Waals surface area contributed by atoms with Crippen LogP contribution in [0.15, 0.2) is 47.6 Å². The molecule has 0 saturated carbocycles. The van der Waals surface area contributed by atoms with E-state index < -0.39 is 23.7 Å². The van der Waals surface area contributed by atoms with Gasteiger partial charge in [0, 0.05) is 6.20 Å². The van der Waals surface area contributed by atoms with E-state index in [1.165, 1.54) is 37.4 Å². The number of nitrogens with zero attached hydrogens (tertiary/aromatic N) is 2. The summed E-state index contributed by atoms with van der Waals surface area (Å²) in [6.07, 6.45) is 0.0649. The van der Waals surface area contributed by atoms with E-state index >= 15 is 0 Å². The zero-order valence-electron chi connectivity index (χ0n) is 13.5. The quantitative estimate of drug-likeness (QED) is 0.612. The highest BCUT2D eigenvalue weighted by Crippen LogP contribution is 2.27. The maximum Gasteiger partial charge on any atom is 0.341 e. The van der Waals surface area contributed by atoms with Gasteiger partial charge in [-0.3, -0.25) is 4.79 Å². The van der Waals surface area contributed by atoms with Crippen molar-refractivity contribution in [3.8, 4) is 6.07 Å². The molecule has 0 radical (unpaired) electrons. The number of anilines is 1. The molecule has 9 heteroatoms. The van der Waals surface area contributed by atoms with E-state index in [1.54, 1.807) is 12.1 Å². The molecule has 2 aromatic rings. The summed E-state index contributed by atoms with van der Waals surface area (Å²) in [5.41, 5.74) is 0.371. The molecule has 1 heterocycles. The molecule has 0 spiro atoms. The number of para-hydroxylation sites is 1. The first-order valence-electron chi connectivity index (χ1n) is 7.33. The van der Waals surface area contributed by atoms with Crippen molar-refractivity contribution in [3.63, 3.8) is 0 Å². The maximum absolute atomic E-state index is 12.5. The zero-order chi connectivity index (χ0) is 19.1. The van der Waals surface area contributed by atoms with Crippen molar-refractivity contribution in [1.29, 1.82) is 5.26 Å². The average molecular weight is 377 g/mol. The number of aromatic nitrogens is 1. The second-order valence-electron chi connectivity index (χ2n) is 4.93. The Labute approximate surface area is 152 Å². The molecule has 1 amide bonds. The molecular formula is C17H13F2N3O3S. The molecule has 0 aliphatic heterocycles. The van der Waals surface area contributed by atoms with Crippen LogP contribution in [0, 0.1) is 11.3 Å². The van der Waals surface area contributed by atoms with E-state index in [0.29, 0.717) is 0 Å². The van der Waals surface area contributed by atoms with Crippen LogP contribution in [0.4, 0.5) is 14.5 Å². The Balaban J connectivity index is 2.07. The number of nitrogens with one attached hydrogen (secondary N) is 1. The van der Waals surface area contributed by atoms with E-state index in [1.807, 2.05) is 6.07 Å². The molecule has 134 valence electrons. The van der Waals surface area contributed by atoms with Crippen molar-refractivity contribution in [2.75, 3.05) is 5.32 Å². The van der Waals surface area contributed by atoms with Crippen LogP contribution in [0.1, 0.15) is 22.8 Å². The molecule has 1 atom stereocenters. The highest BCUT2D eigenvalue weighted by atomic mass is 32.2. The lowest BCUT2D eigenvalue weighted by Crippen LogP contribution is -2.30. The Kier molecular flexibility index (Phi) is 6.63. The van der Waals surface area contributed by atoms with Gasteiger partial charge in [0.2, 0.25) is 0 Å². The monoisotopic (exact) mass is 377 g/mol. The number of pyridine rings is 1. The summed E-state index contributed by atoms with van der Waals surface area (Å²) >= 11 is 0.115. The number of ether oxygens (including phenoxy) is 1. The van der Waals surface area contributed by atoms with Crippen LogP contribution >= 0.6 is 11.8 Å². The van der Waals surface area contributed by atoms with Gasteiger partial charge in [0.1, 0.15) is 11.1 Å². The number of amides is 1. The lowest BCUT2D eigenvalue weighted by Gasteiger charge is -2.15. The van der Waals surface area contributed by atoms with Crippen LogP contribution in [0.25, 0.3) is 0 Å². The highest BCUT2D eigenvalue weighted by Gasteiger charge is 2.23. The topological polar surface area (TPSA) is 92.1 Å². The summed E-state index contributed by atoms with van der Waals surface area (Å²) in [7, 11) is 0. The number of halogens is 2. The first-order chi connectivity index (χ1) is 12.4. The molecule has 6 nitrogen and oxygen atoms in total. The number of benzene rings is 1. The Morgan fingerprint density at radius 1 is 1.27 bits per heavy atom. The minimum Gasteiger partial charge on any atom is -0.449 e. The largest absolute Gasteiger partial charge is 0.449 e. The molecule has 0 aliphatic rings. The van der Waals surface area contributed by atoms with Crippen molar-refractivity contribution in [3.05, 3.63) is 53.7 Å². The van der Waals surface area contributed by atoms with Crippen LogP contribution in [-0.4, -0.2) is 28.7 Å². The molecule has 1 aromatic carbocycles. The summed E-state index contributed by atoms with van der Waals surface area (Å²) in [4.78, 5) is 28.1. The predicted molar refractivity (Wildman–Crippen MR) is 90.8 cm³/mol. The zero-order valence-corrected chi connectivity index (χ0v) is 14.3. The van der Waals surface area contributed by atoms with Crippen LogP contribution in [0.3, 0.4) is 0 Å². The molecule has 0 fully saturated rings. The van der Waals surface area contributed by atoms with Gasteiger partial charge in [0.05, 0.1) is 16.8 Å². The van der Waals surface area contributed by atoms with Crippen LogP contribution in [-0.2, 0) is 9.53 Å². The Morgan fingerprint density at radius 2 is 2.00 bits per heavy atom. The maximum atomic E-state index is 12.5. The summed E-state index contributed by atoms with van der Waals surface area (Å²) < 4.78 is 30.1. The molecule has 1 N–H and O–H groups in total. The molecule has 0 unspecified atom stereocenters. The van der Waals surface area contributed by atoms with Gasteiger partial charge < -0.3 is 10.1 Å². The van der Waals surface area contributed by atoms with Crippen molar-refractivity contribution in [2.24, 2.45) is 0 Å². The van der Waals surface area contributed by atoms with E-state index in [-0.39, 0.29) is 33.6 Å². The normalized spacial score (nSPS) is 11.5. The third-order valence-electron chi connectivity index (χ3n) is 3.15. The van der Waals surface area contributed by atoms with Gasteiger partial charge in [-0.25, -0.2) is 9.78 Å². The SMILES string of the molecule is C[C@@H](OC(=O)c1cccnc1SC(F)F)C(=O)Nc1ccccc1C#N. The summed E-state index contributed by atoms with van der Waals surface area (Å²) in [5.74, 6) is -4.36. The van der Waals surface area contributed by atoms with Crippen molar-refractivity contribution in [1.82, 2.24) is 4.98 Å². The van der Waals surface area contributed by atoms with E-state index in [9.17, 15) is 18.4 Å². The molecule has 0 bridgehead atoms. The number of carbonyl (C=O) groups excluding carboxylic acids is 2. The number of thioether (sulfide) groups is 1. The summed E-state index contributed by atoms with van der Waals surface area (Å²) in [6.45, 7) is 1.33. The Bertz CT molecular complexity index is 855. The van der Waals surface area contributed by atoms with Gasteiger partial charge in [-0.05, 0) is 43.0 Å². The van der Waals surface area contributed by atoms with Crippen molar-refractivity contribution >= 4 is 29.3 Å². The fourth-order valence-electron chi connectivity index (χ4n) is 1.93. The molecule has 0 saturated heterocycles. The first-order valence-corrected chi connectivity index (χ1v) is 8.21. The van der Waals surface area contributed by atoms with E-state index in [4.69, 9.17) is 10.00 Å². The van der Waals surface area contributed by atoms with E-state index in [2.05, 4.69) is 10.3 Å². The molecule has 1 aromatic heterocycles. The minimum absolute atomic E-state index is 0.115. The van der Waals surface area contributed by atoms with Crippen LogP contribution < -0.4 is 5.32 Å². The predicted octanol–water partition coefficient (Wildman–Crippen LogP) is 3.45. The van der Waals surface area contributed by atoms with Gasteiger partial charge in [0.25, 0.3) is 11.7 Å². The Morgan fingerprint density at radius 3 is 2.69 bits per heavy atom. The van der Waals surface area contributed by atoms with Crippen molar-refractivity contribution in [2.45, 2.75) is 23.8 Å². The third kappa shape index (κ3) is 5.00. The number of hydrogen-bond acceptors (Lipinski definition) is 6. The first kappa shape index (κ1) is 19.3. The minimum atomic E-state index is -2.75. The van der Waals surface area contributed by atoms with Crippen molar-refractivity contribution < 1.29 is 23.1 Å². The number of hydrogen-bond donors (Lipinski definition) is 1. The molecular weight excluding hydrogens is 364 g/mol. The summed E-state index contributed by atoms with van der Waals surface area (Å²) in [5, 5.41) is 11.3. The summed E-state index contributed by atoms with van der Waals surface area (Å²) in [6, 6.07) is 10.9. The fraction of sp³-hybridized carbons (Fsp3) is 0.176.